The number of benzene rings is 2. The zero-order chi connectivity index (χ0) is 15.4. The average molecular weight is 375 g/mol. The Kier molecular flexibility index (Phi) is 5.73. The molecule has 0 amide bonds. The molecule has 0 saturated carbocycles. The molecule has 0 saturated heterocycles. The van der Waals surface area contributed by atoms with Crippen LogP contribution in [0.15, 0.2) is 40.9 Å². The van der Waals surface area contributed by atoms with E-state index in [2.05, 4.69) is 21.2 Å². The van der Waals surface area contributed by atoms with Gasteiger partial charge in [-0.3, -0.25) is 0 Å². The summed E-state index contributed by atoms with van der Waals surface area (Å²) in [6.45, 7) is 0. The molecule has 0 aliphatic carbocycles. The zero-order valence-electron chi connectivity index (χ0n) is 11.5. The number of hydrogen-bond acceptors (Lipinski definition) is 1. The van der Waals surface area contributed by atoms with Gasteiger partial charge in [0, 0.05) is 15.5 Å². The van der Waals surface area contributed by atoms with Gasteiger partial charge >= 0.3 is 0 Å². The molecule has 1 atom stereocenters. The lowest BCUT2D eigenvalue weighted by Crippen LogP contribution is -2.30. The summed E-state index contributed by atoms with van der Waals surface area (Å²) in [5, 5.41) is 3.55. The topological polar surface area (TPSA) is 12.0 Å². The predicted molar refractivity (Wildman–Crippen MR) is 85.8 cm³/mol. The molecule has 5 heteroatoms. The third-order valence-corrected chi connectivity index (χ3v) is 4.22. The molecule has 0 spiro atoms. The van der Waals surface area contributed by atoms with Crippen molar-refractivity contribution >= 4 is 27.5 Å². The Morgan fingerprint density at radius 2 is 1.76 bits per heavy atom. The molecule has 112 valence electrons. The number of halogens is 4. The predicted octanol–water partition coefficient (Wildman–Crippen LogP) is 4.75. The third kappa shape index (κ3) is 4.50. The number of nitrogens with one attached hydrogen (secondary N) is 1. The fourth-order valence-electron chi connectivity index (χ4n) is 2.18. The maximum absolute atomic E-state index is 13.9. The Hall–Kier alpha value is -0.970. The first-order valence-electron chi connectivity index (χ1n) is 6.54. The highest BCUT2D eigenvalue weighted by atomic mass is 79.9. The van der Waals surface area contributed by atoms with Crippen molar-refractivity contribution in [1.82, 2.24) is 5.32 Å². The van der Waals surface area contributed by atoms with Crippen LogP contribution in [0.25, 0.3) is 0 Å². The molecule has 2 aromatic rings. The molecular weight excluding hydrogens is 360 g/mol. The minimum absolute atomic E-state index is 0.0173. The molecule has 0 aliphatic heterocycles. The Bertz CT molecular complexity index is 580. The fraction of sp³-hybridized carbons (Fsp3) is 0.250. The number of likely N-dealkylation sites (N-methyl/N-ethyl adjacent to an activating group) is 1. The van der Waals surface area contributed by atoms with Crippen LogP contribution in [-0.2, 0) is 12.8 Å². The molecule has 0 aromatic heterocycles. The highest BCUT2D eigenvalue weighted by molar-refractivity contribution is 9.10. The van der Waals surface area contributed by atoms with Gasteiger partial charge in [0.25, 0.3) is 0 Å². The lowest BCUT2D eigenvalue weighted by molar-refractivity contribution is 0.531. The van der Waals surface area contributed by atoms with E-state index in [0.717, 1.165) is 5.56 Å². The molecule has 0 radical (unpaired) electrons. The minimum Gasteiger partial charge on any atom is -0.316 e. The minimum atomic E-state index is -0.358. The van der Waals surface area contributed by atoms with Gasteiger partial charge in [-0.15, -0.1) is 0 Å². The third-order valence-electron chi connectivity index (χ3n) is 3.37. The van der Waals surface area contributed by atoms with Crippen LogP contribution in [0.5, 0.6) is 0 Å². The van der Waals surface area contributed by atoms with E-state index in [0.29, 0.717) is 27.9 Å². The highest BCUT2D eigenvalue weighted by Crippen LogP contribution is 2.21. The molecule has 21 heavy (non-hydrogen) atoms. The Labute approximate surface area is 136 Å². The second-order valence-corrected chi connectivity index (χ2v) is 6.19. The van der Waals surface area contributed by atoms with E-state index in [4.69, 9.17) is 11.6 Å². The lowest BCUT2D eigenvalue weighted by atomic mass is 9.98. The largest absolute Gasteiger partial charge is 0.316 e. The molecule has 1 unspecified atom stereocenters. The monoisotopic (exact) mass is 373 g/mol. The van der Waals surface area contributed by atoms with Crippen LogP contribution in [0.3, 0.4) is 0 Å². The van der Waals surface area contributed by atoms with E-state index in [-0.39, 0.29) is 17.7 Å². The van der Waals surface area contributed by atoms with Crippen molar-refractivity contribution in [2.24, 2.45) is 0 Å². The first kappa shape index (κ1) is 16.4. The summed E-state index contributed by atoms with van der Waals surface area (Å²) in [6, 6.07) is 9.39. The summed E-state index contributed by atoms with van der Waals surface area (Å²) in [7, 11) is 1.82. The number of hydrogen-bond donors (Lipinski definition) is 1. The van der Waals surface area contributed by atoms with Gasteiger partial charge in [-0.1, -0.05) is 39.7 Å². The van der Waals surface area contributed by atoms with E-state index >= 15 is 0 Å². The van der Waals surface area contributed by atoms with Crippen molar-refractivity contribution in [2.45, 2.75) is 18.9 Å². The van der Waals surface area contributed by atoms with Crippen molar-refractivity contribution in [3.05, 3.63) is 68.7 Å². The average Bonchev–Trinajstić information content (AvgIpc) is 2.43. The normalized spacial score (nSPS) is 12.4. The van der Waals surface area contributed by atoms with Crippen LogP contribution in [0, 0.1) is 11.6 Å². The molecule has 0 aliphatic rings. The summed E-state index contributed by atoms with van der Waals surface area (Å²) in [4.78, 5) is 0. The maximum Gasteiger partial charge on any atom is 0.127 e. The van der Waals surface area contributed by atoms with Gasteiger partial charge in [-0.2, -0.15) is 0 Å². The summed E-state index contributed by atoms with van der Waals surface area (Å²) in [6.07, 6.45) is 1.13. The van der Waals surface area contributed by atoms with Crippen LogP contribution >= 0.6 is 27.5 Å². The number of rotatable bonds is 5. The van der Waals surface area contributed by atoms with Gasteiger partial charge in [0.1, 0.15) is 11.6 Å². The quantitative estimate of drug-likeness (QED) is 0.796. The van der Waals surface area contributed by atoms with E-state index in [1.165, 1.54) is 18.2 Å². The van der Waals surface area contributed by atoms with Crippen molar-refractivity contribution in [2.75, 3.05) is 7.05 Å². The fourth-order valence-corrected chi connectivity index (χ4v) is 2.76. The van der Waals surface area contributed by atoms with Gasteiger partial charge in [-0.05, 0) is 55.3 Å². The SMILES string of the molecule is CNC(Cc1ccc(Br)cc1F)Cc1ccc(F)cc1Cl. The van der Waals surface area contributed by atoms with Crippen LogP contribution < -0.4 is 5.32 Å². The first-order valence-corrected chi connectivity index (χ1v) is 7.72. The van der Waals surface area contributed by atoms with Crippen LogP contribution in [0.2, 0.25) is 5.02 Å². The van der Waals surface area contributed by atoms with Gasteiger partial charge in [0.15, 0.2) is 0 Å². The molecule has 1 N–H and O–H groups in total. The van der Waals surface area contributed by atoms with Gasteiger partial charge in [0.05, 0.1) is 0 Å². The van der Waals surface area contributed by atoms with E-state index in [9.17, 15) is 8.78 Å². The van der Waals surface area contributed by atoms with E-state index < -0.39 is 0 Å². The summed E-state index contributed by atoms with van der Waals surface area (Å²) < 4.78 is 27.6. The standard InChI is InChI=1S/C16H15BrClF2N/c1-21-14(6-10-3-5-13(19)9-15(10)18)7-11-2-4-12(17)8-16(11)20/h2-5,8-9,14,21H,6-7H2,1H3. The molecule has 0 fully saturated rings. The summed E-state index contributed by atoms with van der Waals surface area (Å²) in [5.74, 6) is -0.599. The molecular formula is C16H15BrClF2N. The van der Waals surface area contributed by atoms with E-state index in [1.54, 1.807) is 12.1 Å². The molecule has 1 nitrogen and oxygen atoms in total. The maximum atomic E-state index is 13.9. The molecule has 2 rings (SSSR count). The Morgan fingerprint density at radius 3 is 2.38 bits per heavy atom. The smallest absolute Gasteiger partial charge is 0.127 e. The van der Waals surface area contributed by atoms with Gasteiger partial charge in [-0.25, -0.2) is 8.78 Å². The molecule has 0 bridgehead atoms. The van der Waals surface area contributed by atoms with Crippen molar-refractivity contribution in [3.63, 3.8) is 0 Å². The summed E-state index contributed by atoms with van der Waals surface area (Å²) in [5.41, 5.74) is 1.48. The Morgan fingerprint density at radius 1 is 1.10 bits per heavy atom. The second-order valence-electron chi connectivity index (χ2n) is 4.87. The lowest BCUT2D eigenvalue weighted by Gasteiger charge is -2.17. The zero-order valence-corrected chi connectivity index (χ0v) is 13.8. The first-order chi connectivity index (χ1) is 9.99. The highest BCUT2D eigenvalue weighted by Gasteiger charge is 2.13. The van der Waals surface area contributed by atoms with Crippen molar-refractivity contribution < 1.29 is 8.78 Å². The summed E-state index contributed by atoms with van der Waals surface area (Å²) >= 11 is 9.28. The van der Waals surface area contributed by atoms with Crippen molar-refractivity contribution in [3.8, 4) is 0 Å². The molecule has 0 heterocycles. The van der Waals surface area contributed by atoms with E-state index in [1.807, 2.05) is 13.1 Å². The van der Waals surface area contributed by atoms with Gasteiger partial charge in [0.2, 0.25) is 0 Å². The van der Waals surface area contributed by atoms with Crippen LogP contribution in [0.4, 0.5) is 8.78 Å². The molecule has 2 aromatic carbocycles. The second kappa shape index (κ2) is 7.34. The van der Waals surface area contributed by atoms with Crippen LogP contribution in [-0.4, -0.2) is 13.1 Å². The van der Waals surface area contributed by atoms with Crippen molar-refractivity contribution in [1.29, 1.82) is 0 Å². The Balaban J connectivity index is 2.13. The van der Waals surface area contributed by atoms with Gasteiger partial charge < -0.3 is 5.32 Å². The van der Waals surface area contributed by atoms with Crippen LogP contribution in [0.1, 0.15) is 11.1 Å².